The molecule has 3 aromatic rings. The van der Waals surface area contributed by atoms with Gasteiger partial charge in [-0.15, -0.1) is 6.58 Å². The minimum Gasteiger partial charge on any atom is -0.493 e. The monoisotopic (exact) mass is 540 g/mol. The second kappa shape index (κ2) is 11.5. The Morgan fingerprint density at radius 2 is 1.84 bits per heavy atom. The second-order valence-corrected chi connectivity index (χ2v) is 9.04. The summed E-state index contributed by atoms with van der Waals surface area (Å²) in [4.78, 5) is 26.4. The maximum Gasteiger partial charge on any atom is 0.329 e. The third-order valence-corrected chi connectivity index (χ3v) is 6.27. The second-order valence-electron chi connectivity index (χ2n) is 8.20. The van der Waals surface area contributed by atoms with Crippen molar-refractivity contribution in [3.63, 3.8) is 0 Å². The first-order valence-electron chi connectivity index (χ1n) is 11.3. The highest BCUT2D eigenvalue weighted by molar-refractivity contribution is 6.35. The Morgan fingerprint density at radius 3 is 2.54 bits per heavy atom. The number of halogens is 3. The maximum atomic E-state index is 14.1. The molecule has 4 rings (SSSR count). The van der Waals surface area contributed by atoms with Gasteiger partial charge in [0.05, 0.1) is 13.7 Å². The lowest BCUT2D eigenvalue weighted by atomic mass is 10.0. The van der Waals surface area contributed by atoms with Gasteiger partial charge in [-0.1, -0.05) is 53.5 Å². The first kappa shape index (κ1) is 26.3. The predicted molar refractivity (Wildman–Crippen MR) is 141 cm³/mol. The summed E-state index contributed by atoms with van der Waals surface area (Å²) in [5.74, 6) is -0.125. The molecule has 9 heteroatoms. The third-order valence-electron chi connectivity index (χ3n) is 5.69. The predicted octanol–water partition coefficient (Wildman–Crippen LogP) is 6.54. The fourth-order valence-corrected chi connectivity index (χ4v) is 4.32. The van der Waals surface area contributed by atoms with Gasteiger partial charge in [0.25, 0.3) is 5.91 Å². The lowest BCUT2D eigenvalue weighted by Gasteiger charge is -2.16. The number of imide groups is 1. The number of ether oxygens (including phenoxy) is 2. The molecule has 0 radical (unpaired) electrons. The van der Waals surface area contributed by atoms with Crippen molar-refractivity contribution in [2.45, 2.75) is 19.6 Å². The van der Waals surface area contributed by atoms with Crippen LogP contribution in [0, 0.1) is 5.82 Å². The molecule has 6 nitrogen and oxygen atoms in total. The average Bonchev–Trinajstić information content (AvgIpc) is 3.12. The lowest BCUT2D eigenvalue weighted by molar-refractivity contribution is -0.123. The molecule has 1 heterocycles. The summed E-state index contributed by atoms with van der Waals surface area (Å²) in [5, 5.41) is 3.57. The summed E-state index contributed by atoms with van der Waals surface area (Å²) in [6.45, 7) is 3.81. The van der Waals surface area contributed by atoms with E-state index in [9.17, 15) is 14.0 Å². The SMILES string of the molecule is C=CCc1cc(/C=C2/NC(=O)N(Cc3ccccc3F)C2=O)cc(OC)c1OCc1ccc(Cl)cc1Cl. The standard InChI is InChI=1S/C28H23Cl2FN2O4/c1-3-6-18-11-17(13-25(36-2)26(18)37-16-20-9-10-21(29)14-22(20)30)12-24-27(34)33(28(35)32-24)15-19-7-4-5-8-23(19)31/h3-5,7-14H,1,6,15-16H2,2H3,(H,32,35)/b24-12+. The third kappa shape index (κ3) is 5.96. The Morgan fingerprint density at radius 1 is 1.05 bits per heavy atom. The summed E-state index contributed by atoms with van der Waals surface area (Å²) >= 11 is 12.3. The number of nitrogens with one attached hydrogen (secondary N) is 1. The molecule has 1 N–H and O–H groups in total. The molecule has 0 aliphatic carbocycles. The number of hydrogen-bond donors (Lipinski definition) is 1. The Kier molecular flexibility index (Phi) is 8.16. The minimum atomic E-state index is -0.627. The fraction of sp³-hybridized carbons (Fsp3) is 0.143. The van der Waals surface area contributed by atoms with Gasteiger partial charge in [0.15, 0.2) is 11.5 Å². The van der Waals surface area contributed by atoms with Gasteiger partial charge < -0.3 is 14.8 Å². The molecule has 37 heavy (non-hydrogen) atoms. The normalized spacial score (nSPS) is 14.2. The van der Waals surface area contributed by atoms with E-state index in [1.807, 2.05) is 6.07 Å². The molecular weight excluding hydrogens is 518 g/mol. The molecule has 0 spiro atoms. The summed E-state index contributed by atoms with van der Waals surface area (Å²) in [7, 11) is 1.50. The zero-order chi connectivity index (χ0) is 26.5. The number of benzene rings is 3. The highest BCUT2D eigenvalue weighted by Crippen LogP contribution is 2.36. The minimum absolute atomic E-state index is 0.0644. The smallest absolute Gasteiger partial charge is 0.329 e. The fourth-order valence-electron chi connectivity index (χ4n) is 3.86. The number of amides is 3. The summed E-state index contributed by atoms with van der Waals surface area (Å²) in [6, 6.07) is 14.0. The molecule has 1 aliphatic rings. The molecule has 0 saturated carbocycles. The zero-order valence-electron chi connectivity index (χ0n) is 19.9. The number of methoxy groups -OCH3 is 1. The van der Waals surface area contributed by atoms with Gasteiger partial charge in [-0.05, 0) is 48.4 Å². The number of hydrogen-bond acceptors (Lipinski definition) is 4. The van der Waals surface area contributed by atoms with Crippen molar-refractivity contribution in [2.24, 2.45) is 0 Å². The maximum absolute atomic E-state index is 14.1. The highest BCUT2D eigenvalue weighted by Gasteiger charge is 2.34. The van der Waals surface area contributed by atoms with Gasteiger partial charge in [0, 0.05) is 26.7 Å². The molecule has 3 amide bonds. The molecule has 1 aliphatic heterocycles. The van der Waals surface area contributed by atoms with Crippen LogP contribution in [0.4, 0.5) is 9.18 Å². The number of allylic oxidation sites excluding steroid dienone is 1. The van der Waals surface area contributed by atoms with Crippen molar-refractivity contribution < 1.29 is 23.5 Å². The van der Waals surface area contributed by atoms with E-state index >= 15 is 0 Å². The van der Waals surface area contributed by atoms with E-state index in [0.717, 1.165) is 16.0 Å². The van der Waals surface area contributed by atoms with Crippen LogP contribution in [0.1, 0.15) is 22.3 Å². The van der Waals surface area contributed by atoms with Gasteiger partial charge in [0.1, 0.15) is 18.1 Å². The number of nitrogens with zero attached hydrogens (tertiary/aromatic N) is 1. The van der Waals surface area contributed by atoms with Crippen molar-refractivity contribution in [1.29, 1.82) is 0 Å². The molecule has 0 bridgehead atoms. The van der Waals surface area contributed by atoms with E-state index in [0.29, 0.717) is 33.5 Å². The first-order valence-corrected chi connectivity index (χ1v) is 12.0. The molecular formula is C28H23Cl2FN2O4. The van der Waals surface area contributed by atoms with Crippen LogP contribution in [0.5, 0.6) is 11.5 Å². The van der Waals surface area contributed by atoms with E-state index in [1.165, 1.54) is 25.3 Å². The van der Waals surface area contributed by atoms with Gasteiger partial charge in [-0.2, -0.15) is 0 Å². The zero-order valence-corrected chi connectivity index (χ0v) is 21.4. The summed E-state index contributed by atoms with van der Waals surface area (Å²) in [5.41, 5.74) is 2.41. The van der Waals surface area contributed by atoms with Crippen molar-refractivity contribution in [3.05, 3.63) is 111 Å². The van der Waals surface area contributed by atoms with E-state index in [4.69, 9.17) is 32.7 Å². The summed E-state index contributed by atoms with van der Waals surface area (Å²) < 4.78 is 25.7. The number of carbonyl (C=O) groups excluding carboxylic acids is 2. The van der Waals surface area contributed by atoms with Gasteiger partial charge in [-0.25, -0.2) is 9.18 Å². The van der Waals surface area contributed by atoms with E-state index < -0.39 is 17.8 Å². The van der Waals surface area contributed by atoms with E-state index in [-0.39, 0.29) is 24.4 Å². The Labute approximate surface area is 223 Å². The van der Waals surface area contributed by atoms with Gasteiger partial charge in [0.2, 0.25) is 0 Å². The van der Waals surface area contributed by atoms with Crippen molar-refractivity contribution in [1.82, 2.24) is 10.2 Å². The first-order chi connectivity index (χ1) is 17.8. The van der Waals surface area contributed by atoms with E-state index in [1.54, 1.807) is 42.5 Å². The number of rotatable bonds is 9. The number of urea groups is 1. The van der Waals surface area contributed by atoms with Crippen LogP contribution < -0.4 is 14.8 Å². The molecule has 190 valence electrons. The molecule has 0 aromatic heterocycles. The van der Waals surface area contributed by atoms with Crippen LogP contribution in [0.25, 0.3) is 6.08 Å². The lowest BCUT2D eigenvalue weighted by Crippen LogP contribution is -2.30. The van der Waals surface area contributed by atoms with Crippen LogP contribution >= 0.6 is 23.2 Å². The molecule has 1 fully saturated rings. The van der Waals surface area contributed by atoms with Crippen LogP contribution in [0.15, 0.2) is 72.9 Å². The Balaban J connectivity index is 1.61. The van der Waals surface area contributed by atoms with Gasteiger partial charge in [-0.3, -0.25) is 9.69 Å². The van der Waals surface area contributed by atoms with Crippen LogP contribution in [0.2, 0.25) is 10.0 Å². The molecule has 0 unspecified atom stereocenters. The Bertz CT molecular complexity index is 1410. The van der Waals surface area contributed by atoms with Crippen LogP contribution in [-0.4, -0.2) is 23.9 Å². The summed E-state index contributed by atoms with van der Waals surface area (Å²) in [6.07, 6.45) is 3.71. The average molecular weight is 541 g/mol. The largest absolute Gasteiger partial charge is 0.493 e. The van der Waals surface area contributed by atoms with Gasteiger partial charge >= 0.3 is 6.03 Å². The van der Waals surface area contributed by atoms with Crippen LogP contribution in [-0.2, 0) is 24.4 Å². The molecule has 3 aromatic carbocycles. The molecule has 1 saturated heterocycles. The van der Waals surface area contributed by atoms with Crippen LogP contribution in [0.3, 0.4) is 0 Å². The van der Waals surface area contributed by atoms with Crippen molar-refractivity contribution in [3.8, 4) is 11.5 Å². The van der Waals surface area contributed by atoms with E-state index in [2.05, 4.69) is 11.9 Å². The van der Waals surface area contributed by atoms with Crippen molar-refractivity contribution >= 4 is 41.2 Å². The Hall–Kier alpha value is -3.81. The molecule has 0 atom stereocenters. The van der Waals surface area contributed by atoms with Crippen molar-refractivity contribution in [2.75, 3.05) is 7.11 Å². The quantitative estimate of drug-likeness (QED) is 0.190. The highest BCUT2D eigenvalue weighted by atomic mass is 35.5. The topological polar surface area (TPSA) is 67.9 Å². The number of carbonyl (C=O) groups is 2.